The summed E-state index contributed by atoms with van der Waals surface area (Å²) in [5.74, 6) is 1.22. The Bertz CT molecular complexity index is 1270. The Kier molecular flexibility index (Phi) is 6.53. The van der Waals surface area contributed by atoms with Gasteiger partial charge in [-0.25, -0.2) is 4.79 Å². The number of methoxy groups -OCH3 is 2. The van der Waals surface area contributed by atoms with E-state index in [-0.39, 0.29) is 19.0 Å². The average molecular weight is 452 g/mol. The number of aromatic nitrogens is 2. The first kappa shape index (κ1) is 22.6. The van der Waals surface area contributed by atoms with E-state index in [9.17, 15) is 14.4 Å². The lowest BCUT2D eigenvalue weighted by Gasteiger charge is -2.30. The van der Waals surface area contributed by atoms with Gasteiger partial charge in [0.05, 0.1) is 31.7 Å². The Morgan fingerprint density at radius 2 is 1.61 bits per heavy atom. The Balaban J connectivity index is 1.86. The lowest BCUT2D eigenvalue weighted by atomic mass is 9.99. The number of piperidine rings is 1. The van der Waals surface area contributed by atoms with Crippen LogP contribution in [0.1, 0.15) is 25.3 Å². The van der Waals surface area contributed by atoms with E-state index >= 15 is 0 Å². The third kappa shape index (κ3) is 4.51. The average Bonchev–Trinajstić information content (AvgIpc) is 2.84. The molecule has 0 bridgehead atoms. The topological polar surface area (TPSA) is 82.8 Å². The molecular weight excluding hydrogens is 422 g/mol. The number of rotatable bonds is 6. The molecule has 8 heteroatoms. The lowest BCUT2D eigenvalue weighted by molar-refractivity contribution is -0.133. The van der Waals surface area contributed by atoms with Crippen molar-refractivity contribution in [3.8, 4) is 11.5 Å². The van der Waals surface area contributed by atoms with Crippen molar-refractivity contribution in [1.29, 1.82) is 0 Å². The van der Waals surface area contributed by atoms with Crippen LogP contribution < -0.4 is 20.7 Å². The van der Waals surface area contributed by atoms with Crippen LogP contribution in [-0.4, -0.2) is 47.3 Å². The van der Waals surface area contributed by atoms with Crippen LogP contribution in [0.4, 0.5) is 0 Å². The first-order valence-corrected chi connectivity index (χ1v) is 11.1. The Morgan fingerprint density at radius 1 is 0.970 bits per heavy atom. The molecule has 0 radical (unpaired) electrons. The molecule has 0 saturated carbocycles. The molecule has 1 aliphatic heterocycles. The SMILES string of the molecule is COc1cc2c(=O)n(Cc3ccccc3)c(=O)n(CC(=O)N3CCC(C)CC3)c2cc1OC. The smallest absolute Gasteiger partial charge is 0.332 e. The predicted octanol–water partition coefficient (Wildman–Crippen LogP) is 2.49. The zero-order chi connectivity index (χ0) is 23.5. The van der Waals surface area contributed by atoms with Crippen molar-refractivity contribution in [3.05, 3.63) is 68.9 Å². The number of carbonyl (C=O) groups is 1. The maximum atomic E-state index is 13.5. The molecular formula is C25H29N3O5. The van der Waals surface area contributed by atoms with Crippen LogP contribution in [0.5, 0.6) is 11.5 Å². The monoisotopic (exact) mass is 451 g/mol. The van der Waals surface area contributed by atoms with E-state index in [0.29, 0.717) is 41.4 Å². The molecule has 174 valence electrons. The van der Waals surface area contributed by atoms with E-state index in [1.807, 2.05) is 30.3 Å². The Morgan fingerprint density at radius 3 is 2.24 bits per heavy atom. The standard InChI is InChI=1S/C25H29N3O5/c1-17-9-11-26(12-10-17)23(29)16-27-20-14-22(33-3)21(32-2)13-19(20)24(30)28(25(27)31)15-18-7-5-4-6-8-18/h4-8,13-14,17H,9-12,15-16H2,1-3H3. The molecule has 33 heavy (non-hydrogen) atoms. The summed E-state index contributed by atoms with van der Waals surface area (Å²) in [4.78, 5) is 41.8. The first-order chi connectivity index (χ1) is 15.9. The normalized spacial score (nSPS) is 14.5. The lowest BCUT2D eigenvalue weighted by Crippen LogP contribution is -2.45. The highest BCUT2D eigenvalue weighted by Gasteiger charge is 2.23. The Labute approximate surface area is 192 Å². The third-order valence-corrected chi connectivity index (χ3v) is 6.34. The minimum atomic E-state index is -0.526. The summed E-state index contributed by atoms with van der Waals surface area (Å²) < 4.78 is 13.3. The van der Waals surface area contributed by atoms with E-state index in [2.05, 4.69) is 6.92 Å². The van der Waals surface area contributed by atoms with Crippen LogP contribution in [0, 0.1) is 5.92 Å². The molecule has 8 nitrogen and oxygen atoms in total. The number of amides is 1. The quantitative estimate of drug-likeness (QED) is 0.575. The van der Waals surface area contributed by atoms with Crippen molar-refractivity contribution in [2.24, 2.45) is 5.92 Å². The fraction of sp³-hybridized carbons (Fsp3) is 0.400. The number of hydrogen-bond donors (Lipinski definition) is 0. The van der Waals surface area contributed by atoms with E-state index in [4.69, 9.17) is 9.47 Å². The van der Waals surface area contributed by atoms with Crippen LogP contribution in [0.25, 0.3) is 10.9 Å². The molecule has 2 heterocycles. The molecule has 1 aromatic heterocycles. The molecule has 0 aliphatic carbocycles. The molecule has 4 rings (SSSR count). The van der Waals surface area contributed by atoms with Crippen LogP contribution in [0.15, 0.2) is 52.1 Å². The second kappa shape index (κ2) is 9.52. The van der Waals surface area contributed by atoms with Crippen molar-refractivity contribution in [3.63, 3.8) is 0 Å². The second-order valence-electron chi connectivity index (χ2n) is 8.53. The fourth-order valence-electron chi connectivity index (χ4n) is 4.30. The van der Waals surface area contributed by atoms with Gasteiger partial charge in [0.25, 0.3) is 5.56 Å². The molecule has 1 saturated heterocycles. The number of benzene rings is 2. The summed E-state index contributed by atoms with van der Waals surface area (Å²) >= 11 is 0. The summed E-state index contributed by atoms with van der Waals surface area (Å²) in [7, 11) is 2.98. The molecule has 1 fully saturated rings. The number of nitrogens with zero attached hydrogens (tertiary/aromatic N) is 3. The molecule has 0 N–H and O–H groups in total. The highest BCUT2D eigenvalue weighted by atomic mass is 16.5. The second-order valence-corrected chi connectivity index (χ2v) is 8.53. The van der Waals surface area contributed by atoms with Crippen molar-refractivity contribution >= 4 is 16.8 Å². The summed E-state index contributed by atoms with van der Waals surface area (Å²) in [5.41, 5.74) is 0.211. The number of hydrogen-bond acceptors (Lipinski definition) is 5. The van der Waals surface area contributed by atoms with Crippen LogP contribution in [0.3, 0.4) is 0 Å². The van der Waals surface area contributed by atoms with Gasteiger partial charge in [0, 0.05) is 19.2 Å². The van der Waals surface area contributed by atoms with Gasteiger partial charge in [-0.3, -0.25) is 18.7 Å². The van der Waals surface area contributed by atoms with E-state index in [1.165, 1.54) is 23.4 Å². The van der Waals surface area contributed by atoms with Gasteiger partial charge in [-0.2, -0.15) is 0 Å². The van der Waals surface area contributed by atoms with Gasteiger partial charge in [-0.05, 0) is 30.4 Å². The van der Waals surface area contributed by atoms with Crippen LogP contribution in [0.2, 0.25) is 0 Å². The molecule has 1 aliphatic rings. The van der Waals surface area contributed by atoms with E-state index in [1.54, 1.807) is 17.0 Å². The first-order valence-electron chi connectivity index (χ1n) is 11.1. The summed E-state index contributed by atoms with van der Waals surface area (Å²) in [6.45, 7) is 3.49. The molecule has 0 unspecified atom stereocenters. The van der Waals surface area contributed by atoms with Gasteiger partial charge in [0.2, 0.25) is 5.91 Å². The minimum absolute atomic E-state index is 0.109. The maximum Gasteiger partial charge on any atom is 0.332 e. The molecule has 1 amide bonds. The van der Waals surface area contributed by atoms with Crippen molar-refractivity contribution < 1.29 is 14.3 Å². The van der Waals surface area contributed by atoms with Crippen LogP contribution >= 0.6 is 0 Å². The highest BCUT2D eigenvalue weighted by molar-refractivity contribution is 5.84. The zero-order valence-electron chi connectivity index (χ0n) is 19.2. The third-order valence-electron chi connectivity index (χ3n) is 6.34. The van der Waals surface area contributed by atoms with Crippen LogP contribution in [-0.2, 0) is 17.9 Å². The molecule has 3 aromatic rings. The minimum Gasteiger partial charge on any atom is -0.493 e. The highest BCUT2D eigenvalue weighted by Crippen LogP contribution is 2.30. The Hall–Kier alpha value is -3.55. The number of ether oxygens (including phenoxy) is 2. The fourth-order valence-corrected chi connectivity index (χ4v) is 4.30. The summed E-state index contributed by atoms with van der Waals surface area (Å²) in [6.07, 6.45) is 1.89. The van der Waals surface area contributed by atoms with Crippen molar-refractivity contribution in [2.45, 2.75) is 32.9 Å². The van der Waals surface area contributed by atoms with Gasteiger partial charge < -0.3 is 14.4 Å². The summed E-state index contributed by atoms with van der Waals surface area (Å²) in [6, 6.07) is 12.5. The summed E-state index contributed by atoms with van der Waals surface area (Å²) in [5, 5.41) is 0.295. The van der Waals surface area contributed by atoms with Gasteiger partial charge in [0.1, 0.15) is 6.54 Å². The van der Waals surface area contributed by atoms with Gasteiger partial charge in [0.15, 0.2) is 11.5 Å². The maximum absolute atomic E-state index is 13.5. The molecule has 0 spiro atoms. The van der Waals surface area contributed by atoms with Crippen molar-refractivity contribution in [1.82, 2.24) is 14.0 Å². The number of fused-ring (bicyclic) bond motifs is 1. The number of likely N-dealkylation sites (tertiary alicyclic amines) is 1. The van der Waals surface area contributed by atoms with Crippen molar-refractivity contribution in [2.75, 3.05) is 27.3 Å². The van der Waals surface area contributed by atoms with Gasteiger partial charge in [-0.1, -0.05) is 37.3 Å². The molecule has 2 aromatic carbocycles. The van der Waals surface area contributed by atoms with Gasteiger partial charge >= 0.3 is 5.69 Å². The number of carbonyl (C=O) groups excluding carboxylic acids is 1. The predicted molar refractivity (Wildman–Crippen MR) is 126 cm³/mol. The zero-order valence-corrected chi connectivity index (χ0v) is 19.2. The van der Waals surface area contributed by atoms with E-state index in [0.717, 1.165) is 18.4 Å². The van der Waals surface area contributed by atoms with E-state index < -0.39 is 11.2 Å². The van der Waals surface area contributed by atoms with Gasteiger partial charge in [-0.15, -0.1) is 0 Å². The largest absolute Gasteiger partial charge is 0.493 e. The molecule has 0 atom stereocenters.